The molecule has 0 fully saturated rings. The van der Waals surface area contributed by atoms with E-state index in [1.54, 1.807) is 0 Å². The SMILES string of the molecule is [Fe+2].[N-]=O.[N-]=O. The molecular formula is FeN2O2. The van der Waals surface area contributed by atoms with Crippen LogP contribution in [0.25, 0.3) is 11.2 Å². The monoisotopic (exact) mass is 116 g/mol. The zero-order valence-electron chi connectivity index (χ0n) is 2.06. The van der Waals surface area contributed by atoms with Crippen molar-refractivity contribution >= 4 is 0 Å². The van der Waals surface area contributed by atoms with Gasteiger partial charge in [-0.25, -0.2) is 0 Å². The summed E-state index contributed by atoms with van der Waals surface area (Å²) >= 11 is 0. The fraction of sp³-hybridized carbons (Fsp3) is 0. The predicted octanol–water partition coefficient (Wildman–Crippen LogP) is 0.642. The Kier molecular flexibility index (Phi) is 1540. The molecule has 5 heteroatoms. The van der Waals surface area contributed by atoms with Crippen molar-refractivity contribution in [1.29, 1.82) is 0 Å². The van der Waals surface area contributed by atoms with Crippen LogP contribution in [0.15, 0.2) is 0 Å². The molecule has 0 aromatic carbocycles. The molecule has 0 aliphatic rings. The number of rotatable bonds is 0. The van der Waals surface area contributed by atoms with E-state index in [1.807, 2.05) is 0 Å². The predicted molar refractivity (Wildman–Crippen MR) is 13.5 cm³/mol. The molecule has 0 heterocycles. The zero-order valence-corrected chi connectivity index (χ0v) is 3.17. The van der Waals surface area contributed by atoms with Gasteiger partial charge in [0.05, 0.1) is 0 Å². The summed E-state index contributed by atoms with van der Waals surface area (Å²) in [5, 5.41) is 0. The second-order valence-corrected chi connectivity index (χ2v) is 0. The van der Waals surface area contributed by atoms with Crippen molar-refractivity contribution in [3.8, 4) is 0 Å². The van der Waals surface area contributed by atoms with Gasteiger partial charge in [0.1, 0.15) is 0 Å². The summed E-state index contributed by atoms with van der Waals surface area (Å²) in [5.41, 5.74) is 11.5. The van der Waals surface area contributed by atoms with E-state index in [4.69, 9.17) is 21.0 Å². The van der Waals surface area contributed by atoms with Gasteiger partial charge in [0, 0.05) is 0 Å². The molecule has 0 unspecified atom stereocenters. The minimum absolute atomic E-state index is 0. The molecule has 0 atom stereocenters. The van der Waals surface area contributed by atoms with E-state index in [1.165, 1.54) is 0 Å². The van der Waals surface area contributed by atoms with Crippen LogP contribution in [-0.2, 0) is 17.1 Å². The Morgan fingerprint density at radius 2 is 0.800 bits per heavy atom. The molecule has 0 saturated heterocycles. The van der Waals surface area contributed by atoms with E-state index in [-0.39, 0.29) is 17.1 Å². The standard InChI is InChI=1S/Fe.2NO/c;2*1-2/q+2;2*-1. The van der Waals surface area contributed by atoms with Crippen LogP contribution in [-0.4, -0.2) is 0 Å². The first-order valence-electron chi connectivity index (χ1n) is 0.365. The summed E-state index contributed by atoms with van der Waals surface area (Å²) in [4.78, 5) is 14.5. The molecule has 0 aliphatic heterocycles. The minimum Gasteiger partial charge on any atom is -0.577 e. The van der Waals surface area contributed by atoms with E-state index in [2.05, 4.69) is 0 Å². The third-order valence-corrected chi connectivity index (χ3v) is 0. The molecule has 0 radical (unpaired) electrons. The van der Waals surface area contributed by atoms with Crippen molar-refractivity contribution in [3.05, 3.63) is 21.0 Å². The van der Waals surface area contributed by atoms with Crippen LogP contribution in [0.1, 0.15) is 0 Å². The zero-order chi connectivity index (χ0) is 4.00. The van der Waals surface area contributed by atoms with Gasteiger partial charge >= 0.3 is 17.1 Å². The van der Waals surface area contributed by atoms with Crippen molar-refractivity contribution in [1.82, 2.24) is 0 Å². The summed E-state index contributed by atoms with van der Waals surface area (Å²) in [6.45, 7) is 0. The van der Waals surface area contributed by atoms with Crippen LogP contribution >= 0.6 is 0 Å². The number of nitroso groups, excluding NO2 is 2. The Morgan fingerprint density at radius 1 is 0.800 bits per heavy atom. The maximum Gasteiger partial charge on any atom is 2.00 e. The molecule has 5 heavy (non-hydrogen) atoms. The summed E-state index contributed by atoms with van der Waals surface area (Å²) in [5.74, 6) is 0. The second-order valence-electron chi connectivity index (χ2n) is 0. The molecule has 0 bridgehead atoms. The molecule has 4 nitrogen and oxygen atoms in total. The topological polar surface area (TPSA) is 78.7 Å². The smallest absolute Gasteiger partial charge is 0.577 e. The quantitative estimate of drug-likeness (QED) is 0.435. The van der Waals surface area contributed by atoms with Crippen LogP contribution in [0.5, 0.6) is 0 Å². The van der Waals surface area contributed by atoms with Gasteiger partial charge in [-0.15, -0.1) is 0 Å². The van der Waals surface area contributed by atoms with Gasteiger partial charge in [0.2, 0.25) is 0 Å². The Balaban J connectivity index is -0.0000000133. The van der Waals surface area contributed by atoms with E-state index in [9.17, 15) is 0 Å². The molecule has 0 aromatic heterocycles. The van der Waals surface area contributed by atoms with Gasteiger partial charge in [-0.1, -0.05) is 0 Å². The fourth-order valence-electron chi connectivity index (χ4n) is 0. The van der Waals surface area contributed by atoms with Gasteiger partial charge in [0.15, 0.2) is 0 Å². The van der Waals surface area contributed by atoms with Gasteiger partial charge in [0.25, 0.3) is 0 Å². The van der Waals surface area contributed by atoms with Crippen molar-refractivity contribution in [2.45, 2.75) is 0 Å². The van der Waals surface area contributed by atoms with Crippen LogP contribution in [0, 0.1) is 9.81 Å². The molecule has 0 N–H and O–H groups in total. The minimum atomic E-state index is 0. The van der Waals surface area contributed by atoms with Crippen LogP contribution in [0.4, 0.5) is 0 Å². The van der Waals surface area contributed by atoms with Crippen molar-refractivity contribution < 1.29 is 17.1 Å². The van der Waals surface area contributed by atoms with E-state index in [0.29, 0.717) is 0 Å². The largest absolute Gasteiger partial charge is 2.00 e. The second kappa shape index (κ2) is 350. The van der Waals surface area contributed by atoms with Gasteiger partial charge in [-0.05, 0) is 0 Å². The molecule has 0 aliphatic carbocycles. The Bertz CT molecular complexity index is 9.61. The van der Waals surface area contributed by atoms with Crippen LogP contribution in [0.3, 0.4) is 0 Å². The summed E-state index contributed by atoms with van der Waals surface area (Å²) in [6, 6.07) is 0. The van der Waals surface area contributed by atoms with Gasteiger partial charge in [-0.2, -0.15) is 0 Å². The first kappa shape index (κ1) is 22.1. The molecule has 30 valence electrons. The molecule has 0 aromatic rings. The van der Waals surface area contributed by atoms with Crippen molar-refractivity contribution in [2.24, 2.45) is 0 Å². The third kappa shape index (κ3) is 140. The molecular weight excluding hydrogens is 116 g/mol. The van der Waals surface area contributed by atoms with Gasteiger partial charge in [-0.3, -0.25) is 0 Å². The molecule has 0 rings (SSSR count). The van der Waals surface area contributed by atoms with Crippen molar-refractivity contribution in [3.63, 3.8) is 0 Å². The Hall–Kier alpha value is -0.281. The molecule has 0 spiro atoms. The first-order valence-corrected chi connectivity index (χ1v) is 0.365. The maximum atomic E-state index is 7.25. The number of hydrogen-bond donors (Lipinski definition) is 0. The fourth-order valence-corrected chi connectivity index (χ4v) is 0. The van der Waals surface area contributed by atoms with Crippen LogP contribution in [0.2, 0.25) is 0 Å². The third-order valence-electron chi connectivity index (χ3n) is 0. The average molecular weight is 116 g/mol. The summed E-state index contributed by atoms with van der Waals surface area (Å²) in [7, 11) is 0. The maximum absolute atomic E-state index is 7.25. The molecule has 0 saturated carbocycles. The number of nitrogens with zero attached hydrogens (tertiary/aromatic N) is 2. The summed E-state index contributed by atoms with van der Waals surface area (Å²) in [6.07, 6.45) is 0. The number of hydrogen-bond acceptors (Lipinski definition) is 2. The van der Waals surface area contributed by atoms with Gasteiger partial charge < -0.3 is 21.0 Å². The normalized spacial score (nSPS) is 1.60. The van der Waals surface area contributed by atoms with E-state index >= 15 is 0 Å². The average Bonchev–Trinajstić information content (AvgIpc) is 1.50. The van der Waals surface area contributed by atoms with Crippen LogP contribution < -0.4 is 0 Å². The van der Waals surface area contributed by atoms with Crippen molar-refractivity contribution in [2.75, 3.05) is 0 Å². The Morgan fingerprint density at radius 3 is 0.800 bits per heavy atom. The van der Waals surface area contributed by atoms with E-state index < -0.39 is 0 Å². The Labute approximate surface area is 38.9 Å². The summed E-state index contributed by atoms with van der Waals surface area (Å²) < 4.78 is 0. The molecule has 0 amide bonds. The first-order chi connectivity index (χ1) is 2.00. The van der Waals surface area contributed by atoms with E-state index in [0.717, 1.165) is 0 Å².